The molecule has 276 valence electrons. The van der Waals surface area contributed by atoms with Gasteiger partial charge < -0.3 is 73.3 Å². The summed E-state index contributed by atoms with van der Waals surface area (Å²) in [6.07, 6.45) is -11.5. The summed E-state index contributed by atoms with van der Waals surface area (Å²) in [6.45, 7) is 1.52. The van der Waals surface area contributed by atoms with Crippen LogP contribution in [0.25, 0.3) is 6.08 Å². The van der Waals surface area contributed by atoms with E-state index in [1.165, 1.54) is 25.5 Å². The molecule has 0 spiro atoms. The predicted molar refractivity (Wildman–Crippen MR) is 163 cm³/mol. The third-order valence-electron chi connectivity index (χ3n) is 9.72. The summed E-state index contributed by atoms with van der Waals surface area (Å²) in [5.74, 6) is -2.26. The van der Waals surface area contributed by atoms with E-state index in [0.717, 1.165) is 6.92 Å². The second-order valence-corrected chi connectivity index (χ2v) is 12.8. The zero-order valence-corrected chi connectivity index (χ0v) is 27.4. The lowest BCUT2D eigenvalue weighted by molar-refractivity contribution is -0.347. The first-order chi connectivity index (χ1) is 23.9. The lowest BCUT2D eigenvalue weighted by Gasteiger charge is -2.44. The molecule has 3 saturated heterocycles. The summed E-state index contributed by atoms with van der Waals surface area (Å²) >= 11 is 0. The number of ether oxygens (including phenoxy) is 9. The molecular weight excluding hydrogens is 668 g/mol. The maximum absolute atomic E-state index is 12.8. The molecule has 0 bridgehead atoms. The van der Waals surface area contributed by atoms with Crippen molar-refractivity contribution in [2.45, 2.75) is 99.4 Å². The van der Waals surface area contributed by atoms with Gasteiger partial charge in [0, 0.05) is 18.9 Å². The van der Waals surface area contributed by atoms with Gasteiger partial charge >= 0.3 is 11.9 Å². The van der Waals surface area contributed by atoms with E-state index in [9.17, 15) is 40.2 Å². The summed E-state index contributed by atoms with van der Waals surface area (Å²) in [5, 5.41) is 62.3. The van der Waals surface area contributed by atoms with Crippen LogP contribution < -0.4 is 4.74 Å². The van der Waals surface area contributed by atoms with Gasteiger partial charge in [-0.25, -0.2) is 4.79 Å². The van der Waals surface area contributed by atoms with Crippen molar-refractivity contribution in [1.29, 1.82) is 0 Å². The predicted octanol–water partition coefficient (Wildman–Crippen LogP) is -1.89. The first kappa shape index (κ1) is 36.6. The Bertz CT molecular complexity index is 1420. The monoisotopic (exact) mass is 710 g/mol. The summed E-state index contributed by atoms with van der Waals surface area (Å²) in [6, 6.07) is 6.93. The van der Waals surface area contributed by atoms with Crippen molar-refractivity contribution in [1.82, 2.24) is 0 Å². The van der Waals surface area contributed by atoms with Crippen LogP contribution in [0.3, 0.4) is 0 Å². The number of epoxide rings is 1. The highest BCUT2D eigenvalue weighted by atomic mass is 16.8. The van der Waals surface area contributed by atoms with Gasteiger partial charge in [-0.05, 0) is 36.8 Å². The van der Waals surface area contributed by atoms with E-state index in [2.05, 4.69) is 0 Å². The molecule has 4 fully saturated rings. The number of hydrogen-bond acceptors (Lipinski definition) is 17. The Morgan fingerprint density at radius 2 is 1.62 bits per heavy atom. The number of fused-ring (bicyclic) bond motifs is 3. The molecule has 1 aromatic rings. The van der Waals surface area contributed by atoms with Crippen LogP contribution in [0.2, 0.25) is 0 Å². The molecule has 1 aromatic carbocycles. The molecule has 0 amide bonds. The minimum absolute atomic E-state index is 0.496. The average molecular weight is 711 g/mol. The molecule has 1 saturated carbocycles. The SMILES string of the molecule is COc1ccc(/C=C/C(=O)O[C@H]2[C@H](O)[C@@H](OC(C)=O)[C@H](O[C@@H]3[C@H]4C=CO[C@H](O[C@H]5O[C@@H](CO)[C@H](O)[C@H](O)[C@H]5O)[C@H]4[C@@]4(CO)O[C@@H]34)O[C@@H]2C)cc1. The molecule has 5 aliphatic rings. The zero-order valence-electron chi connectivity index (χ0n) is 27.4. The van der Waals surface area contributed by atoms with Gasteiger partial charge in [0.05, 0.1) is 44.7 Å². The topological polar surface area (TPSA) is 242 Å². The van der Waals surface area contributed by atoms with Crippen molar-refractivity contribution in [3.63, 3.8) is 0 Å². The minimum atomic E-state index is -1.71. The molecular formula is C33H42O17. The number of rotatable bonds is 11. The van der Waals surface area contributed by atoms with E-state index in [1.54, 1.807) is 37.3 Å². The standard InChI is InChI=1S/C33H42O17/c1-14-26(47-20(37)9-6-16-4-7-17(42-3)8-5-16)25(41)28(45-15(2)36)32(44-14)48-27-18-10-11-43-30(21(18)33(13-35)29(27)50-33)49-31-24(40)23(39)22(38)19(12-34)46-31/h4-11,14,18-19,21-32,34-35,38-41H,12-13H2,1-3H3/b9-6+/t14-,18+,19+,21+,22+,23+,24-,25+,26-,27-,28-,29+,30-,31-,32+,33-/m1/s1. The first-order valence-corrected chi connectivity index (χ1v) is 16.2. The maximum atomic E-state index is 12.8. The lowest BCUT2D eigenvalue weighted by atomic mass is 9.85. The normalized spacial score (nSPS) is 43.4. The van der Waals surface area contributed by atoms with Crippen molar-refractivity contribution < 1.29 is 82.9 Å². The Kier molecular flexibility index (Phi) is 10.8. The van der Waals surface area contributed by atoms with Crippen molar-refractivity contribution >= 4 is 18.0 Å². The third-order valence-corrected chi connectivity index (χ3v) is 9.72. The quantitative estimate of drug-likeness (QED) is 0.0835. The van der Waals surface area contributed by atoms with Gasteiger partial charge in [0.25, 0.3) is 0 Å². The van der Waals surface area contributed by atoms with E-state index in [4.69, 9.17) is 42.6 Å². The van der Waals surface area contributed by atoms with Crippen LogP contribution in [0.5, 0.6) is 5.75 Å². The summed E-state index contributed by atoms with van der Waals surface area (Å²) in [4.78, 5) is 24.9. The Labute approximate surface area is 286 Å². The highest BCUT2D eigenvalue weighted by Crippen LogP contribution is 2.61. The van der Waals surface area contributed by atoms with Crippen LogP contribution in [0.1, 0.15) is 19.4 Å². The Morgan fingerprint density at radius 3 is 2.28 bits per heavy atom. The van der Waals surface area contributed by atoms with E-state index >= 15 is 0 Å². The molecule has 0 unspecified atom stereocenters. The van der Waals surface area contributed by atoms with Crippen LogP contribution in [0, 0.1) is 11.8 Å². The van der Waals surface area contributed by atoms with Crippen molar-refractivity contribution in [2.24, 2.45) is 11.8 Å². The van der Waals surface area contributed by atoms with Crippen LogP contribution in [-0.4, -0.2) is 148 Å². The van der Waals surface area contributed by atoms with E-state index in [0.29, 0.717) is 11.3 Å². The van der Waals surface area contributed by atoms with E-state index in [1.807, 2.05) is 0 Å². The van der Waals surface area contributed by atoms with Crippen molar-refractivity contribution in [3.05, 3.63) is 48.2 Å². The van der Waals surface area contributed by atoms with Gasteiger partial charge in [0.15, 0.2) is 24.8 Å². The second-order valence-electron chi connectivity index (χ2n) is 12.8. The Morgan fingerprint density at radius 1 is 0.880 bits per heavy atom. The van der Waals surface area contributed by atoms with E-state index in [-0.39, 0.29) is 0 Å². The molecule has 50 heavy (non-hydrogen) atoms. The Balaban J connectivity index is 1.15. The highest BCUT2D eigenvalue weighted by Gasteiger charge is 2.77. The number of hydrogen-bond donors (Lipinski definition) is 6. The van der Waals surface area contributed by atoms with Crippen molar-refractivity contribution in [2.75, 3.05) is 20.3 Å². The van der Waals surface area contributed by atoms with Gasteiger partial charge in [0.2, 0.25) is 6.29 Å². The molecule has 4 heterocycles. The van der Waals surface area contributed by atoms with Crippen LogP contribution >= 0.6 is 0 Å². The first-order valence-electron chi connectivity index (χ1n) is 16.2. The second kappa shape index (κ2) is 14.8. The summed E-state index contributed by atoms with van der Waals surface area (Å²) < 4.78 is 51.5. The average Bonchev–Trinajstić information content (AvgIpc) is 3.78. The Hall–Kier alpha value is -3.20. The van der Waals surface area contributed by atoms with Crippen molar-refractivity contribution in [3.8, 4) is 5.75 Å². The number of carbonyl (C=O) groups excluding carboxylic acids is 2. The van der Waals surface area contributed by atoms with E-state index < -0.39 is 122 Å². The lowest BCUT2D eigenvalue weighted by Crippen LogP contribution is -2.61. The minimum Gasteiger partial charge on any atom is -0.497 e. The molecule has 17 heteroatoms. The van der Waals surface area contributed by atoms with Gasteiger partial charge in [-0.3, -0.25) is 4.79 Å². The fraction of sp³-hybridized carbons (Fsp3) is 0.636. The molecule has 6 N–H and O–H groups in total. The number of aliphatic hydroxyl groups is 6. The van der Waals surface area contributed by atoms with Crippen LogP contribution in [0.15, 0.2) is 42.7 Å². The molecule has 0 radical (unpaired) electrons. The number of aliphatic hydroxyl groups excluding tert-OH is 6. The number of esters is 2. The molecule has 4 aliphatic heterocycles. The summed E-state index contributed by atoms with van der Waals surface area (Å²) in [5.41, 5.74) is -0.551. The highest BCUT2D eigenvalue weighted by molar-refractivity contribution is 5.87. The molecule has 6 rings (SSSR count). The van der Waals surface area contributed by atoms with Gasteiger partial charge in [-0.1, -0.05) is 12.1 Å². The number of benzene rings is 1. The van der Waals surface area contributed by atoms with Crippen LogP contribution in [0.4, 0.5) is 0 Å². The smallest absolute Gasteiger partial charge is 0.331 e. The molecule has 0 aromatic heterocycles. The fourth-order valence-corrected chi connectivity index (χ4v) is 7.10. The maximum Gasteiger partial charge on any atom is 0.331 e. The van der Waals surface area contributed by atoms with Crippen LogP contribution in [-0.2, 0) is 47.5 Å². The van der Waals surface area contributed by atoms with Gasteiger partial charge in [0.1, 0.15) is 48.0 Å². The zero-order chi connectivity index (χ0) is 35.9. The summed E-state index contributed by atoms with van der Waals surface area (Å²) in [7, 11) is 1.54. The number of methoxy groups -OCH3 is 1. The largest absolute Gasteiger partial charge is 0.497 e. The fourth-order valence-electron chi connectivity index (χ4n) is 7.10. The van der Waals surface area contributed by atoms with Gasteiger partial charge in [-0.15, -0.1) is 0 Å². The molecule has 16 atom stereocenters. The third kappa shape index (κ3) is 6.88. The molecule has 1 aliphatic carbocycles. The van der Waals surface area contributed by atoms with Gasteiger partial charge in [-0.2, -0.15) is 0 Å². The molecule has 17 nitrogen and oxygen atoms in total. The number of carbonyl (C=O) groups is 2.